The molecule has 2 atom stereocenters. The Bertz CT molecular complexity index is 348. The van der Waals surface area contributed by atoms with Gasteiger partial charge in [-0.05, 0) is 32.6 Å². The van der Waals surface area contributed by atoms with Crippen LogP contribution in [0.4, 0.5) is 4.79 Å². The summed E-state index contributed by atoms with van der Waals surface area (Å²) in [5.41, 5.74) is 1.02. The fourth-order valence-corrected chi connectivity index (χ4v) is 2.83. The number of carbonyl (C=O) groups is 2. The number of fused-ring (bicyclic) bond motifs is 2. The van der Waals surface area contributed by atoms with E-state index in [9.17, 15) is 9.59 Å². The van der Waals surface area contributed by atoms with Crippen LogP contribution in [-0.4, -0.2) is 40.8 Å². The molecule has 2 saturated heterocycles. The highest BCUT2D eigenvalue weighted by molar-refractivity contribution is 5.83. The molecule has 2 heterocycles. The topological polar surface area (TPSA) is 66.8 Å². The Balaban J connectivity index is 2.04. The molecule has 0 aromatic heterocycles. The minimum atomic E-state index is -0.840. The van der Waals surface area contributed by atoms with Crippen LogP contribution in [0.1, 0.15) is 32.6 Å². The van der Waals surface area contributed by atoms with E-state index in [-0.39, 0.29) is 18.1 Å². The highest BCUT2D eigenvalue weighted by Crippen LogP contribution is 2.38. The SMILES string of the molecule is CCOC(=O)C=C1CC2CCC(C1)N2C(=O)O. The highest BCUT2D eigenvalue weighted by Gasteiger charge is 2.41. The fourth-order valence-electron chi connectivity index (χ4n) is 2.83. The van der Waals surface area contributed by atoms with E-state index in [0.29, 0.717) is 19.4 Å². The summed E-state index contributed by atoms with van der Waals surface area (Å²) in [6, 6.07) is 0.0962. The van der Waals surface area contributed by atoms with Gasteiger partial charge in [-0.25, -0.2) is 9.59 Å². The molecule has 0 saturated carbocycles. The van der Waals surface area contributed by atoms with Crippen molar-refractivity contribution in [3.63, 3.8) is 0 Å². The monoisotopic (exact) mass is 239 g/mol. The molecule has 1 amide bonds. The highest BCUT2D eigenvalue weighted by atomic mass is 16.5. The van der Waals surface area contributed by atoms with Gasteiger partial charge in [0, 0.05) is 18.2 Å². The lowest BCUT2D eigenvalue weighted by atomic mass is 9.97. The third-order valence-corrected chi connectivity index (χ3v) is 3.44. The van der Waals surface area contributed by atoms with Gasteiger partial charge in [0.1, 0.15) is 0 Å². The zero-order chi connectivity index (χ0) is 12.4. The van der Waals surface area contributed by atoms with E-state index in [1.807, 2.05) is 0 Å². The molecule has 0 spiro atoms. The first-order valence-electron chi connectivity index (χ1n) is 5.99. The van der Waals surface area contributed by atoms with E-state index in [1.165, 1.54) is 6.08 Å². The van der Waals surface area contributed by atoms with Crippen LogP contribution in [0.2, 0.25) is 0 Å². The quantitative estimate of drug-likeness (QED) is 0.589. The lowest BCUT2D eigenvalue weighted by Gasteiger charge is -2.33. The molecule has 1 N–H and O–H groups in total. The molecule has 5 nitrogen and oxygen atoms in total. The predicted molar refractivity (Wildman–Crippen MR) is 60.6 cm³/mol. The van der Waals surface area contributed by atoms with Gasteiger partial charge in [-0.3, -0.25) is 0 Å². The zero-order valence-electron chi connectivity index (χ0n) is 9.89. The second-order valence-electron chi connectivity index (χ2n) is 4.54. The van der Waals surface area contributed by atoms with Crippen molar-refractivity contribution in [2.45, 2.75) is 44.7 Å². The zero-order valence-corrected chi connectivity index (χ0v) is 9.89. The number of amides is 1. The number of piperidine rings is 1. The number of hydrogen-bond donors (Lipinski definition) is 1. The van der Waals surface area contributed by atoms with Gasteiger partial charge in [0.15, 0.2) is 0 Å². The smallest absolute Gasteiger partial charge is 0.407 e. The van der Waals surface area contributed by atoms with Gasteiger partial charge in [0.25, 0.3) is 0 Å². The van der Waals surface area contributed by atoms with Crippen molar-refractivity contribution in [3.05, 3.63) is 11.6 Å². The van der Waals surface area contributed by atoms with Gasteiger partial charge in [0.05, 0.1) is 6.61 Å². The molecular weight excluding hydrogens is 222 g/mol. The van der Waals surface area contributed by atoms with Crippen molar-refractivity contribution in [2.75, 3.05) is 6.61 Å². The summed E-state index contributed by atoms with van der Waals surface area (Å²) in [7, 11) is 0. The number of esters is 1. The maximum absolute atomic E-state index is 11.3. The van der Waals surface area contributed by atoms with Crippen molar-refractivity contribution in [1.29, 1.82) is 0 Å². The molecule has 17 heavy (non-hydrogen) atoms. The number of carboxylic acid groups (broad SMARTS) is 1. The number of carbonyl (C=O) groups excluding carboxylic acids is 1. The van der Waals surface area contributed by atoms with Crippen LogP contribution >= 0.6 is 0 Å². The molecule has 2 fully saturated rings. The third kappa shape index (κ3) is 2.43. The number of rotatable bonds is 2. The van der Waals surface area contributed by atoms with Crippen LogP contribution in [0, 0.1) is 0 Å². The lowest BCUT2D eigenvalue weighted by Crippen LogP contribution is -2.43. The van der Waals surface area contributed by atoms with Gasteiger partial charge in [-0.1, -0.05) is 5.57 Å². The molecule has 0 radical (unpaired) electrons. The molecule has 5 heteroatoms. The van der Waals surface area contributed by atoms with Gasteiger partial charge in [-0.2, -0.15) is 0 Å². The third-order valence-electron chi connectivity index (χ3n) is 3.44. The maximum atomic E-state index is 11.3. The first-order valence-corrected chi connectivity index (χ1v) is 5.99. The van der Waals surface area contributed by atoms with E-state index in [1.54, 1.807) is 11.8 Å². The van der Waals surface area contributed by atoms with E-state index >= 15 is 0 Å². The van der Waals surface area contributed by atoms with Crippen molar-refractivity contribution in [1.82, 2.24) is 4.90 Å². The standard InChI is InChI=1S/C12H17NO4/c1-2-17-11(14)7-8-5-9-3-4-10(6-8)13(9)12(15)16/h7,9-10H,2-6H2,1H3,(H,15,16). The molecule has 0 aromatic carbocycles. The average molecular weight is 239 g/mol. The van der Waals surface area contributed by atoms with Gasteiger partial charge in [0.2, 0.25) is 0 Å². The first kappa shape index (κ1) is 12.0. The Hall–Kier alpha value is -1.52. The van der Waals surface area contributed by atoms with Crippen molar-refractivity contribution >= 4 is 12.1 Å². The second-order valence-corrected chi connectivity index (χ2v) is 4.54. The predicted octanol–water partition coefficient (Wildman–Crippen LogP) is 1.78. The van der Waals surface area contributed by atoms with Gasteiger partial charge in [-0.15, -0.1) is 0 Å². The van der Waals surface area contributed by atoms with E-state index < -0.39 is 6.09 Å². The van der Waals surface area contributed by atoms with Crippen LogP contribution in [0.25, 0.3) is 0 Å². The molecule has 94 valence electrons. The molecular formula is C12H17NO4. The van der Waals surface area contributed by atoms with Crippen LogP contribution in [0.15, 0.2) is 11.6 Å². The van der Waals surface area contributed by atoms with Crippen LogP contribution < -0.4 is 0 Å². The summed E-state index contributed by atoms with van der Waals surface area (Å²) in [5, 5.41) is 9.09. The molecule has 2 unspecified atom stereocenters. The summed E-state index contributed by atoms with van der Waals surface area (Å²) in [6.45, 7) is 2.14. The lowest BCUT2D eigenvalue weighted by molar-refractivity contribution is -0.137. The Morgan fingerprint density at radius 1 is 1.41 bits per heavy atom. The second kappa shape index (κ2) is 4.77. The Labute approximate surface area is 100 Å². The summed E-state index contributed by atoms with van der Waals surface area (Å²) < 4.78 is 4.86. The maximum Gasteiger partial charge on any atom is 0.407 e. The van der Waals surface area contributed by atoms with Crippen molar-refractivity contribution in [3.8, 4) is 0 Å². The minimum absolute atomic E-state index is 0.0481. The van der Waals surface area contributed by atoms with E-state index in [4.69, 9.17) is 9.84 Å². The van der Waals surface area contributed by atoms with Crippen molar-refractivity contribution < 1.29 is 19.4 Å². The molecule has 2 bridgehead atoms. The molecule has 2 aliphatic heterocycles. The van der Waals surface area contributed by atoms with Crippen molar-refractivity contribution in [2.24, 2.45) is 0 Å². The van der Waals surface area contributed by atoms with Gasteiger partial charge < -0.3 is 14.7 Å². The minimum Gasteiger partial charge on any atom is -0.465 e. The van der Waals surface area contributed by atoms with Crippen LogP contribution in [-0.2, 0) is 9.53 Å². The summed E-state index contributed by atoms with van der Waals surface area (Å²) in [5.74, 6) is -0.314. The van der Waals surface area contributed by atoms with Gasteiger partial charge >= 0.3 is 12.1 Å². The van der Waals surface area contributed by atoms with Crippen LogP contribution in [0.5, 0.6) is 0 Å². The number of ether oxygens (including phenoxy) is 1. The number of hydrogen-bond acceptors (Lipinski definition) is 3. The average Bonchev–Trinajstić information content (AvgIpc) is 2.51. The Morgan fingerprint density at radius 2 is 2.00 bits per heavy atom. The molecule has 2 aliphatic rings. The summed E-state index contributed by atoms with van der Waals surface area (Å²) in [6.07, 6.45) is 3.83. The molecule has 0 aliphatic carbocycles. The normalized spacial score (nSPS) is 26.9. The first-order chi connectivity index (χ1) is 8.11. The number of nitrogens with zero attached hydrogens (tertiary/aromatic N) is 1. The van der Waals surface area contributed by atoms with E-state index in [2.05, 4.69) is 0 Å². The summed E-state index contributed by atoms with van der Waals surface area (Å²) >= 11 is 0. The fraction of sp³-hybridized carbons (Fsp3) is 0.667. The summed E-state index contributed by atoms with van der Waals surface area (Å²) in [4.78, 5) is 23.9. The molecule has 0 aromatic rings. The van der Waals surface area contributed by atoms with E-state index in [0.717, 1.165) is 18.4 Å². The van der Waals surface area contributed by atoms with Crippen LogP contribution in [0.3, 0.4) is 0 Å². The Morgan fingerprint density at radius 3 is 2.47 bits per heavy atom. The Kier molecular flexibility index (Phi) is 3.36. The largest absolute Gasteiger partial charge is 0.465 e. The molecule has 2 rings (SSSR count).